The molecule has 2 aromatic carbocycles. The predicted molar refractivity (Wildman–Crippen MR) is 120 cm³/mol. The zero-order chi connectivity index (χ0) is 22.8. The quantitative estimate of drug-likeness (QED) is 0.433. The van der Waals surface area contributed by atoms with Gasteiger partial charge >= 0.3 is 0 Å². The van der Waals surface area contributed by atoms with Crippen LogP contribution in [0.2, 0.25) is 5.02 Å². The van der Waals surface area contributed by atoms with Crippen molar-refractivity contribution in [3.05, 3.63) is 59.1 Å². The molecule has 1 aliphatic carbocycles. The lowest BCUT2D eigenvalue weighted by molar-refractivity contribution is -0.132. The minimum atomic E-state index is -4.13. The number of hydrogen-bond acceptors (Lipinski definition) is 6. The minimum absolute atomic E-state index is 0.0517. The summed E-state index contributed by atoms with van der Waals surface area (Å²) in [7, 11) is -4.13. The Hall–Kier alpha value is -2.13. The van der Waals surface area contributed by atoms with E-state index < -0.39 is 20.5 Å². The fraction of sp³-hybridized carbons (Fsp3) is 0.435. The van der Waals surface area contributed by atoms with Crippen LogP contribution < -0.4 is 15.5 Å². The first kappa shape index (κ1) is 23.0. The van der Waals surface area contributed by atoms with E-state index in [1.165, 1.54) is 18.2 Å². The smallest absolute Gasteiger partial charge is 0.265 e. The maximum absolute atomic E-state index is 13.7. The molecule has 1 atom stereocenters. The molecule has 0 aromatic heterocycles. The number of ether oxygens (including phenoxy) is 1. The van der Waals surface area contributed by atoms with Gasteiger partial charge in [-0.05, 0) is 74.4 Å². The molecule has 0 radical (unpaired) electrons. The van der Waals surface area contributed by atoms with Crippen LogP contribution in [0.3, 0.4) is 0 Å². The van der Waals surface area contributed by atoms with E-state index in [0.29, 0.717) is 18.8 Å². The maximum Gasteiger partial charge on any atom is 0.265 e. The first-order valence-electron chi connectivity index (χ1n) is 10.7. The van der Waals surface area contributed by atoms with Gasteiger partial charge < -0.3 is 10.1 Å². The van der Waals surface area contributed by atoms with Gasteiger partial charge in [-0.3, -0.25) is 10.0 Å². The van der Waals surface area contributed by atoms with Gasteiger partial charge in [-0.25, -0.2) is 13.9 Å². The van der Waals surface area contributed by atoms with Crippen molar-refractivity contribution in [3.8, 4) is 5.75 Å². The molecule has 1 heterocycles. The van der Waals surface area contributed by atoms with Crippen molar-refractivity contribution in [2.24, 2.45) is 5.41 Å². The van der Waals surface area contributed by atoms with E-state index >= 15 is 0 Å². The third-order valence-corrected chi connectivity index (χ3v) is 9.60. The second-order valence-corrected chi connectivity index (χ2v) is 11.4. The highest BCUT2D eigenvalue weighted by Gasteiger charge is 2.60. The summed E-state index contributed by atoms with van der Waals surface area (Å²) < 4.78 is 31.5. The molecule has 1 aliphatic heterocycles. The van der Waals surface area contributed by atoms with Crippen LogP contribution in [0.15, 0.2) is 53.4 Å². The number of carbonyl (C=O) groups excluding carboxylic acids is 1. The fourth-order valence-electron chi connectivity index (χ4n) is 5.01. The average molecular weight is 479 g/mol. The summed E-state index contributed by atoms with van der Waals surface area (Å²) in [5.41, 5.74) is 2.35. The number of piperidine rings is 1. The maximum atomic E-state index is 13.7. The van der Waals surface area contributed by atoms with Crippen LogP contribution in [-0.2, 0) is 21.2 Å². The van der Waals surface area contributed by atoms with E-state index in [1.54, 1.807) is 5.48 Å². The lowest BCUT2D eigenvalue weighted by Gasteiger charge is -2.36. The molecule has 1 spiro atoms. The third kappa shape index (κ3) is 4.12. The van der Waals surface area contributed by atoms with Gasteiger partial charge in [0, 0.05) is 0 Å². The standard InChI is InChI=1S/C23H27ClN2O5S/c24-19-14-18(6-7-20(19)31-15-17-4-2-1-3-5-17)32(29,30)23(21(27)26-28)9-8-22(16-23)10-12-25-13-11-22/h1-7,14,25,28H,8-13,15-16H2,(H,26,27). The highest BCUT2D eigenvalue weighted by Crippen LogP contribution is 2.54. The number of amides is 1. The topological polar surface area (TPSA) is 105 Å². The SMILES string of the molecule is O=C(NO)C1(S(=O)(=O)c2ccc(OCc3ccccc3)c(Cl)c2)CCC2(CCNCC2)C1. The summed E-state index contributed by atoms with van der Waals surface area (Å²) in [5.74, 6) is -0.523. The van der Waals surface area contributed by atoms with Gasteiger partial charge in [0.1, 0.15) is 12.4 Å². The monoisotopic (exact) mass is 478 g/mol. The Kier molecular flexibility index (Phi) is 6.49. The molecule has 1 saturated carbocycles. The van der Waals surface area contributed by atoms with Crippen molar-refractivity contribution < 1.29 is 23.2 Å². The van der Waals surface area contributed by atoms with Gasteiger partial charge in [0.2, 0.25) is 0 Å². The predicted octanol–water partition coefficient (Wildman–Crippen LogP) is 3.49. The molecule has 2 aromatic rings. The molecular formula is C23H27ClN2O5S. The third-order valence-electron chi connectivity index (χ3n) is 6.86. The molecule has 0 bridgehead atoms. The summed E-state index contributed by atoms with van der Waals surface area (Å²) in [5, 5.41) is 12.8. The number of hydroxylamine groups is 1. The number of carbonyl (C=O) groups is 1. The van der Waals surface area contributed by atoms with E-state index in [1.807, 2.05) is 30.3 Å². The average Bonchev–Trinajstić information content (AvgIpc) is 3.19. The van der Waals surface area contributed by atoms with Crippen molar-refractivity contribution in [3.63, 3.8) is 0 Å². The van der Waals surface area contributed by atoms with Crippen LogP contribution in [0.5, 0.6) is 5.75 Å². The van der Waals surface area contributed by atoms with Gasteiger partial charge in [-0.15, -0.1) is 0 Å². The molecule has 1 unspecified atom stereocenters. The molecule has 172 valence electrons. The summed E-state index contributed by atoms with van der Waals surface area (Å²) in [6.07, 6.45) is 2.56. The van der Waals surface area contributed by atoms with Crippen molar-refractivity contribution in [2.45, 2.75) is 48.4 Å². The second-order valence-electron chi connectivity index (χ2n) is 8.73. The molecule has 7 nitrogen and oxygen atoms in total. The second kappa shape index (κ2) is 9.02. The zero-order valence-corrected chi connectivity index (χ0v) is 19.2. The Labute approximate surface area is 193 Å². The van der Waals surface area contributed by atoms with Gasteiger partial charge in [0.05, 0.1) is 9.92 Å². The van der Waals surface area contributed by atoms with Crippen molar-refractivity contribution >= 4 is 27.3 Å². The van der Waals surface area contributed by atoms with Crippen molar-refractivity contribution in [1.29, 1.82) is 0 Å². The van der Waals surface area contributed by atoms with E-state index in [4.69, 9.17) is 16.3 Å². The lowest BCUT2D eigenvalue weighted by atomic mass is 9.77. The number of benzene rings is 2. The van der Waals surface area contributed by atoms with Crippen LogP contribution in [-0.4, -0.2) is 37.4 Å². The minimum Gasteiger partial charge on any atom is -0.487 e. The normalized spacial score (nSPS) is 22.6. The van der Waals surface area contributed by atoms with Crippen LogP contribution >= 0.6 is 11.6 Å². The van der Waals surface area contributed by atoms with Crippen LogP contribution in [0.4, 0.5) is 0 Å². The zero-order valence-electron chi connectivity index (χ0n) is 17.6. The molecule has 9 heteroatoms. The molecule has 4 rings (SSSR count). The molecule has 1 saturated heterocycles. The van der Waals surface area contributed by atoms with Crippen molar-refractivity contribution in [1.82, 2.24) is 10.8 Å². The van der Waals surface area contributed by atoms with E-state index in [-0.39, 0.29) is 28.2 Å². The molecule has 3 N–H and O–H groups in total. The first-order chi connectivity index (χ1) is 15.3. The van der Waals surface area contributed by atoms with Crippen LogP contribution in [0.25, 0.3) is 0 Å². The van der Waals surface area contributed by atoms with Gasteiger partial charge in [-0.2, -0.15) is 0 Å². The Morgan fingerprint density at radius 2 is 1.81 bits per heavy atom. The Bertz CT molecular complexity index is 1090. The van der Waals surface area contributed by atoms with Crippen LogP contribution in [0.1, 0.15) is 37.7 Å². The number of rotatable bonds is 6. The van der Waals surface area contributed by atoms with Gasteiger partial charge in [-0.1, -0.05) is 41.9 Å². The summed E-state index contributed by atoms with van der Waals surface area (Å²) in [4.78, 5) is 12.7. The van der Waals surface area contributed by atoms with Gasteiger partial charge in [0.25, 0.3) is 5.91 Å². The lowest BCUT2D eigenvalue weighted by Crippen LogP contribution is -2.51. The van der Waals surface area contributed by atoms with E-state index in [0.717, 1.165) is 31.5 Å². The molecule has 2 aliphatic rings. The summed E-state index contributed by atoms with van der Waals surface area (Å²) in [6, 6.07) is 13.8. The van der Waals surface area contributed by atoms with Crippen molar-refractivity contribution in [2.75, 3.05) is 13.1 Å². The number of halogens is 1. The van der Waals surface area contributed by atoms with Crippen LogP contribution in [0, 0.1) is 5.41 Å². The molecule has 2 fully saturated rings. The summed E-state index contributed by atoms with van der Waals surface area (Å²) >= 11 is 6.36. The van der Waals surface area contributed by atoms with E-state index in [2.05, 4.69) is 5.32 Å². The number of hydrogen-bond donors (Lipinski definition) is 3. The Balaban J connectivity index is 1.62. The summed E-state index contributed by atoms with van der Waals surface area (Å²) in [6.45, 7) is 1.87. The molecular weight excluding hydrogens is 452 g/mol. The number of sulfone groups is 1. The highest BCUT2D eigenvalue weighted by molar-refractivity contribution is 7.93. The first-order valence-corrected chi connectivity index (χ1v) is 12.5. The largest absolute Gasteiger partial charge is 0.487 e. The van der Waals surface area contributed by atoms with Gasteiger partial charge in [0.15, 0.2) is 14.6 Å². The van der Waals surface area contributed by atoms with E-state index in [9.17, 15) is 18.4 Å². The Morgan fingerprint density at radius 1 is 1.09 bits per heavy atom. The molecule has 1 amide bonds. The fourth-order valence-corrected chi connectivity index (χ4v) is 7.44. The highest BCUT2D eigenvalue weighted by atomic mass is 35.5. The number of nitrogens with one attached hydrogen (secondary N) is 2. The Morgan fingerprint density at radius 3 is 2.47 bits per heavy atom. The molecule has 32 heavy (non-hydrogen) atoms.